The minimum absolute atomic E-state index is 0.806. The van der Waals surface area contributed by atoms with E-state index in [1.165, 1.54) is 45.2 Å². The highest BCUT2D eigenvalue weighted by Crippen LogP contribution is 2.40. The molecule has 2 fully saturated rings. The fraction of sp³-hybridized carbons (Fsp3) is 1.00. The minimum atomic E-state index is 0.806. The molecule has 1 aliphatic heterocycles. The zero-order valence-corrected chi connectivity index (χ0v) is 8.47. The first-order valence-electron chi connectivity index (χ1n) is 5.82. The van der Waals surface area contributed by atoms with Gasteiger partial charge in [-0.15, -0.1) is 0 Å². The predicted molar refractivity (Wildman–Crippen MR) is 55.5 cm³/mol. The zero-order chi connectivity index (χ0) is 9.10. The lowest BCUT2D eigenvalue weighted by Gasteiger charge is -2.37. The van der Waals surface area contributed by atoms with E-state index in [-0.39, 0.29) is 0 Å². The van der Waals surface area contributed by atoms with E-state index in [4.69, 9.17) is 5.73 Å². The van der Waals surface area contributed by atoms with Gasteiger partial charge in [-0.05, 0) is 50.2 Å². The van der Waals surface area contributed by atoms with Gasteiger partial charge in [0, 0.05) is 0 Å². The fourth-order valence-electron chi connectivity index (χ4n) is 2.91. The van der Waals surface area contributed by atoms with Gasteiger partial charge in [0.15, 0.2) is 0 Å². The van der Waals surface area contributed by atoms with Crippen molar-refractivity contribution >= 4 is 0 Å². The molecule has 0 aromatic rings. The molecule has 2 aliphatic rings. The average molecular weight is 182 g/mol. The minimum Gasteiger partial charge on any atom is -0.330 e. The lowest BCUT2D eigenvalue weighted by molar-refractivity contribution is 0.142. The molecule has 2 unspecified atom stereocenters. The molecule has 0 aromatic carbocycles. The lowest BCUT2D eigenvalue weighted by atomic mass is 9.69. The van der Waals surface area contributed by atoms with Gasteiger partial charge in [0.05, 0.1) is 0 Å². The van der Waals surface area contributed by atoms with Crippen molar-refractivity contribution in [1.29, 1.82) is 0 Å². The molecule has 1 saturated heterocycles. The van der Waals surface area contributed by atoms with Gasteiger partial charge in [0.1, 0.15) is 0 Å². The summed E-state index contributed by atoms with van der Waals surface area (Å²) in [5.74, 6) is 2.77. The molecule has 0 amide bonds. The van der Waals surface area contributed by atoms with Gasteiger partial charge in [0.25, 0.3) is 0 Å². The summed E-state index contributed by atoms with van der Waals surface area (Å²) in [5, 5.41) is 3.49. The van der Waals surface area contributed by atoms with E-state index in [9.17, 15) is 0 Å². The molecule has 2 atom stereocenters. The number of rotatable bonds is 2. The van der Waals surface area contributed by atoms with Crippen molar-refractivity contribution in [3.8, 4) is 0 Å². The van der Waals surface area contributed by atoms with Crippen LogP contribution in [0.1, 0.15) is 32.1 Å². The summed E-state index contributed by atoms with van der Waals surface area (Å²) in [6.07, 6.45) is 7.08. The largest absolute Gasteiger partial charge is 0.330 e. The Morgan fingerprint density at radius 3 is 2.46 bits per heavy atom. The van der Waals surface area contributed by atoms with Crippen molar-refractivity contribution in [2.24, 2.45) is 23.5 Å². The van der Waals surface area contributed by atoms with Gasteiger partial charge in [-0.25, -0.2) is 0 Å². The molecule has 0 aromatic heterocycles. The van der Waals surface area contributed by atoms with E-state index in [0.29, 0.717) is 0 Å². The Bertz CT molecular complexity index is 154. The highest BCUT2D eigenvalue weighted by atomic mass is 14.9. The molecule has 1 heterocycles. The van der Waals surface area contributed by atoms with Crippen LogP contribution in [0.25, 0.3) is 0 Å². The van der Waals surface area contributed by atoms with Crippen LogP contribution >= 0.6 is 0 Å². The second kappa shape index (κ2) is 4.43. The number of hydrogen-bond acceptors (Lipinski definition) is 2. The van der Waals surface area contributed by atoms with Crippen LogP contribution in [-0.4, -0.2) is 19.6 Å². The third-order valence-corrected chi connectivity index (χ3v) is 4.01. The highest BCUT2D eigenvalue weighted by molar-refractivity contribution is 4.85. The standard InChI is InChI=1S/C11H22N2/c12-8-10-4-6-13-7-5-11(10)9-2-1-3-9/h9-11,13H,1-8,12H2. The van der Waals surface area contributed by atoms with Gasteiger partial charge >= 0.3 is 0 Å². The molecule has 2 heteroatoms. The Kier molecular flexibility index (Phi) is 3.23. The van der Waals surface area contributed by atoms with Crippen molar-refractivity contribution in [2.45, 2.75) is 32.1 Å². The summed E-state index contributed by atoms with van der Waals surface area (Å²) in [5.41, 5.74) is 5.85. The lowest BCUT2D eigenvalue weighted by Crippen LogP contribution is -2.32. The third-order valence-electron chi connectivity index (χ3n) is 4.01. The van der Waals surface area contributed by atoms with Gasteiger partial charge in [-0.2, -0.15) is 0 Å². The molecule has 0 spiro atoms. The number of nitrogens with two attached hydrogens (primary N) is 1. The molecule has 0 radical (unpaired) electrons. The molecule has 1 aliphatic carbocycles. The highest BCUT2D eigenvalue weighted by Gasteiger charge is 2.32. The smallest absolute Gasteiger partial charge is 0.00456 e. The van der Waals surface area contributed by atoms with Crippen molar-refractivity contribution in [1.82, 2.24) is 5.32 Å². The number of nitrogens with one attached hydrogen (secondary N) is 1. The van der Waals surface area contributed by atoms with Crippen molar-refractivity contribution < 1.29 is 0 Å². The monoisotopic (exact) mass is 182 g/mol. The summed E-state index contributed by atoms with van der Waals surface area (Å²) < 4.78 is 0. The zero-order valence-electron chi connectivity index (χ0n) is 8.47. The molecule has 0 bridgehead atoms. The SMILES string of the molecule is NCC1CCNCCC1C1CCC1. The first-order valence-corrected chi connectivity index (χ1v) is 5.82. The van der Waals surface area contributed by atoms with Crippen LogP contribution in [0.5, 0.6) is 0 Å². The van der Waals surface area contributed by atoms with Crippen LogP contribution in [0, 0.1) is 17.8 Å². The van der Waals surface area contributed by atoms with Crippen LogP contribution in [0.15, 0.2) is 0 Å². The van der Waals surface area contributed by atoms with Gasteiger partial charge in [0.2, 0.25) is 0 Å². The Hall–Kier alpha value is -0.0800. The van der Waals surface area contributed by atoms with Crippen LogP contribution < -0.4 is 11.1 Å². The Morgan fingerprint density at radius 1 is 1.08 bits per heavy atom. The summed E-state index contributed by atoms with van der Waals surface area (Å²) in [4.78, 5) is 0. The molecular formula is C11H22N2. The summed E-state index contributed by atoms with van der Waals surface area (Å²) in [7, 11) is 0. The Morgan fingerprint density at radius 2 is 1.85 bits per heavy atom. The molecule has 13 heavy (non-hydrogen) atoms. The summed E-state index contributed by atoms with van der Waals surface area (Å²) >= 11 is 0. The quantitative estimate of drug-likeness (QED) is 0.677. The maximum absolute atomic E-state index is 5.85. The molecular weight excluding hydrogens is 160 g/mol. The first kappa shape index (κ1) is 9.47. The van der Waals surface area contributed by atoms with Gasteiger partial charge in [-0.1, -0.05) is 19.3 Å². The van der Waals surface area contributed by atoms with Crippen molar-refractivity contribution in [3.05, 3.63) is 0 Å². The fourth-order valence-corrected chi connectivity index (χ4v) is 2.91. The Labute approximate surface area is 81.3 Å². The first-order chi connectivity index (χ1) is 6.42. The van der Waals surface area contributed by atoms with E-state index in [1.54, 1.807) is 0 Å². The maximum Gasteiger partial charge on any atom is -0.00456 e. The van der Waals surface area contributed by atoms with Crippen LogP contribution in [-0.2, 0) is 0 Å². The molecule has 1 saturated carbocycles. The van der Waals surface area contributed by atoms with E-state index in [0.717, 1.165) is 24.3 Å². The van der Waals surface area contributed by atoms with Crippen molar-refractivity contribution in [3.63, 3.8) is 0 Å². The second-order valence-corrected chi connectivity index (χ2v) is 4.68. The van der Waals surface area contributed by atoms with Crippen LogP contribution in [0.4, 0.5) is 0 Å². The van der Waals surface area contributed by atoms with Crippen molar-refractivity contribution in [2.75, 3.05) is 19.6 Å². The average Bonchev–Trinajstić information content (AvgIpc) is 2.27. The normalized spacial score (nSPS) is 36.7. The molecule has 2 rings (SSSR count). The molecule has 76 valence electrons. The maximum atomic E-state index is 5.85. The van der Waals surface area contributed by atoms with Gasteiger partial charge < -0.3 is 11.1 Å². The third kappa shape index (κ3) is 2.05. The van der Waals surface area contributed by atoms with E-state index >= 15 is 0 Å². The molecule has 3 N–H and O–H groups in total. The summed E-state index contributed by atoms with van der Waals surface area (Å²) in [6, 6.07) is 0. The number of hydrogen-bond donors (Lipinski definition) is 2. The van der Waals surface area contributed by atoms with E-state index < -0.39 is 0 Å². The van der Waals surface area contributed by atoms with E-state index in [1.807, 2.05) is 0 Å². The molecule has 2 nitrogen and oxygen atoms in total. The van der Waals surface area contributed by atoms with Crippen LogP contribution in [0.2, 0.25) is 0 Å². The Balaban J connectivity index is 1.93. The summed E-state index contributed by atoms with van der Waals surface area (Å²) in [6.45, 7) is 3.31. The van der Waals surface area contributed by atoms with Gasteiger partial charge in [-0.3, -0.25) is 0 Å². The van der Waals surface area contributed by atoms with Crippen LogP contribution in [0.3, 0.4) is 0 Å². The second-order valence-electron chi connectivity index (χ2n) is 4.68. The predicted octanol–water partition coefficient (Wildman–Crippen LogP) is 1.36. The topological polar surface area (TPSA) is 38.0 Å². The van der Waals surface area contributed by atoms with E-state index in [2.05, 4.69) is 5.32 Å².